The van der Waals surface area contributed by atoms with Crippen molar-refractivity contribution in [3.8, 4) is 6.07 Å². The molecule has 1 aromatic carbocycles. The van der Waals surface area contributed by atoms with E-state index in [4.69, 9.17) is 5.73 Å². The molecule has 1 saturated carbocycles. The Morgan fingerprint density at radius 3 is 2.54 bits per heavy atom. The van der Waals surface area contributed by atoms with Gasteiger partial charge in [-0.25, -0.2) is 12.7 Å². The number of carbonyl (C=O) groups excluding carboxylic acids is 1. The van der Waals surface area contributed by atoms with Gasteiger partial charge < -0.3 is 10.6 Å². The summed E-state index contributed by atoms with van der Waals surface area (Å²) in [6, 6.07) is 10.6. The molecule has 0 radical (unpaired) electrons. The number of sulfonamides is 1. The molecule has 4 rings (SSSR count). The fourth-order valence-corrected chi connectivity index (χ4v) is 6.22. The molecule has 4 atom stereocenters. The Balaban J connectivity index is 1.35. The Labute approximate surface area is 166 Å². The number of likely N-dealkylation sites (tertiary alicyclic amines) is 1. The Kier molecular flexibility index (Phi) is 5.17. The largest absolute Gasteiger partial charge is 0.322 e. The number of benzene rings is 1. The summed E-state index contributed by atoms with van der Waals surface area (Å²) in [4.78, 5) is 14.6. The zero-order valence-corrected chi connectivity index (χ0v) is 16.6. The topological polar surface area (TPSA) is 108 Å². The highest BCUT2D eigenvalue weighted by atomic mass is 32.2. The standard InChI is InChI=1S/C20H26N4O3S/c21-12-17-10-16-11-18(16)24(17)20(25)19(22)15-6-8-23(9-7-15)28(26,27)13-14-4-2-1-3-5-14/h1-5,15-19H,6-11,13,22H2/t16-,17+,18+,19+/m1/s1. The zero-order chi connectivity index (χ0) is 19.9. The monoisotopic (exact) mass is 402 g/mol. The molecule has 1 aromatic rings. The predicted molar refractivity (Wildman–Crippen MR) is 104 cm³/mol. The van der Waals surface area contributed by atoms with Crippen LogP contribution in [0, 0.1) is 23.2 Å². The van der Waals surface area contributed by atoms with E-state index in [0.29, 0.717) is 31.8 Å². The van der Waals surface area contributed by atoms with Crippen LogP contribution in [0.25, 0.3) is 0 Å². The van der Waals surface area contributed by atoms with Gasteiger partial charge in [0.05, 0.1) is 17.9 Å². The summed E-state index contributed by atoms with van der Waals surface area (Å²) in [7, 11) is -3.38. The number of nitrogens with two attached hydrogens (primary N) is 1. The second-order valence-corrected chi connectivity index (χ2v) is 10.2. The first-order valence-corrected chi connectivity index (χ1v) is 11.5. The van der Waals surface area contributed by atoms with Crippen molar-refractivity contribution in [2.75, 3.05) is 13.1 Å². The molecule has 7 nitrogen and oxygen atoms in total. The minimum atomic E-state index is -3.38. The SMILES string of the molecule is N#C[C@@H]1C[C@@H]2C[C@@H]2N1C(=O)[C@@H](N)C1CCN(S(=O)(=O)Cc2ccccc2)CC1. The molecule has 1 amide bonds. The molecule has 3 fully saturated rings. The van der Waals surface area contributed by atoms with Crippen LogP contribution in [0.1, 0.15) is 31.2 Å². The number of piperidine rings is 2. The Morgan fingerprint density at radius 2 is 1.89 bits per heavy atom. The molecule has 2 heterocycles. The number of amides is 1. The van der Waals surface area contributed by atoms with E-state index in [1.807, 2.05) is 30.3 Å². The molecule has 28 heavy (non-hydrogen) atoms. The van der Waals surface area contributed by atoms with Crippen molar-refractivity contribution in [2.24, 2.45) is 17.6 Å². The van der Waals surface area contributed by atoms with Crippen molar-refractivity contribution in [3.63, 3.8) is 0 Å². The summed E-state index contributed by atoms with van der Waals surface area (Å²) in [6.07, 6.45) is 2.88. The number of rotatable bonds is 5. The normalized spacial score (nSPS) is 29.1. The Morgan fingerprint density at radius 1 is 1.21 bits per heavy atom. The van der Waals surface area contributed by atoms with Gasteiger partial charge in [0, 0.05) is 19.1 Å². The second-order valence-electron chi connectivity index (χ2n) is 8.19. The molecule has 0 spiro atoms. The maximum atomic E-state index is 12.9. The van der Waals surface area contributed by atoms with Gasteiger partial charge in [-0.2, -0.15) is 5.26 Å². The lowest BCUT2D eigenvalue weighted by Gasteiger charge is -2.35. The molecule has 8 heteroatoms. The van der Waals surface area contributed by atoms with E-state index < -0.39 is 16.1 Å². The molecule has 2 saturated heterocycles. The third-order valence-electron chi connectivity index (χ3n) is 6.38. The van der Waals surface area contributed by atoms with Crippen molar-refractivity contribution in [1.82, 2.24) is 9.21 Å². The van der Waals surface area contributed by atoms with Crippen LogP contribution in [-0.2, 0) is 20.6 Å². The van der Waals surface area contributed by atoms with E-state index in [-0.39, 0.29) is 29.7 Å². The third-order valence-corrected chi connectivity index (χ3v) is 8.23. The number of carbonyl (C=O) groups is 1. The van der Waals surface area contributed by atoms with Crippen molar-refractivity contribution in [2.45, 2.75) is 49.6 Å². The summed E-state index contributed by atoms with van der Waals surface area (Å²) in [5.41, 5.74) is 7.05. The van der Waals surface area contributed by atoms with Gasteiger partial charge in [-0.15, -0.1) is 0 Å². The summed E-state index contributed by atoms with van der Waals surface area (Å²) in [6.45, 7) is 0.767. The van der Waals surface area contributed by atoms with Crippen molar-refractivity contribution in [1.29, 1.82) is 5.26 Å². The van der Waals surface area contributed by atoms with Crippen LogP contribution in [-0.4, -0.2) is 54.7 Å². The molecule has 1 aliphatic carbocycles. The van der Waals surface area contributed by atoms with Crippen molar-refractivity contribution >= 4 is 15.9 Å². The first kappa shape index (κ1) is 19.4. The molecular weight excluding hydrogens is 376 g/mol. The fourth-order valence-electron chi connectivity index (χ4n) is 4.65. The Hall–Kier alpha value is -1.95. The number of hydrogen-bond donors (Lipinski definition) is 1. The molecule has 2 aliphatic heterocycles. The quantitative estimate of drug-likeness (QED) is 0.793. The van der Waals surface area contributed by atoms with E-state index in [2.05, 4.69) is 6.07 Å². The average molecular weight is 403 g/mol. The Bertz CT molecular complexity index is 874. The van der Waals surface area contributed by atoms with Crippen LogP contribution >= 0.6 is 0 Å². The lowest BCUT2D eigenvalue weighted by Crippen LogP contribution is -2.53. The van der Waals surface area contributed by atoms with Crippen LogP contribution in [0.4, 0.5) is 0 Å². The maximum absolute atomic E-state index is 12.9. The first-order chi connectivity index (χ1) is 13.4. The minimum Gasteiger partial charge on any atom is -0.322 e. The fraction of sp³-hybridized carbons (Fsp3) is 0.600. The molecule has 3 aliphatic rings. The average Bonchev–Trinajstić information content (AvgIpc) is 3.37. The number of fused-ring (bicyclic) bond motifs is 1. The van der Waals surface area contributed by atoms with Crippen LogP contribution in [0.3, 0.4) is 0 Å². The molecule has 2 N–H and O–H groups in total. The second kappa shape index (κ2) is 7.47. The molecule has 0 unspecified atom stereocenters. The zero-order valence-electron chi connectivity index (χ0n) is 15.8. The number of nitriles is 1. The highest BCUT2D eigenvalue weighted by Crippen LogP contribution is 2.48. The lowest BCUT2D eigenvalue weighted by atomic mass is 9.89. The van der Waals surface area contributed by atoms with Crippen LogP contribution < -0.4 is 5.73 Å². The van der Waals surface area contributed by atoms with Crippen molar-refractivity contribution < 1.29 is 13.2 Å². The molecule has 0 bridgehead atoms. The van der Waals surface area contributed by atoms with Crippen LogP contribution in [0.5, 0.6) is 0 Å². The van der Waals surface area contributed by atoms with E-state index in [1.165, 1.54) is 4.31 Å². The van der Waals surface area contributed by atoms with Gasteiger partial charge in [0.25, 0.3) is 0 Å². The number of nitrogens with zero attached hydrogens (tertiary/aromatic N) is 3. The first-order valence-electron chi connectivity index (χ1n) is 9.90. The van der Waals surface area contributed by atoms with Gasteiger partial charge in [0.2, 0.25) is 15.9 Å². The van der Waals surface area contributed by atoms with Crippen LogP contribution in [0.15, 0.2) is 30.3 Å². The minimum absolute atomic E-state index is 0.00974. The van der Waals surface area contributed by atoms with Crippen LogP contribution in [0.2, 0.25) is 0 Å². The summed E-state index contributed by atoms with van der Waals surface area (Å²) in [5.74, 6) is 0.269. The van der Waals surface area contributed by atoms with E-state index in [9.17, 15) is 18.5 Å². The van der Waals surface area contributed by atoms with E-state index in [0.717, 1.165) is 18.4 Å². The van der Waals surface area contributed by atoms with Gasteiger partial charge in [-0.3, -0.25) is 4.79 Å². The maximum Gasteiger partial charge on any atom is 0.241 e. The lowest BCUT2D eigenvalue weighted by molar-refractivity contribution is -0.135. The van der Waals surface area contributed by atoms with Gasteiger partial charge in [0.1, 0.15) is 6.04 Å². The summed E-state index contributed by atoms with van der Waals surface area (Å²) < 4.78 is 26.9. The molecular formula is C20H26N4O3S. The third kappa shape index (κ3) is 3.66. The predicted octanol–water partition coefficient (Wildman–Crippen LogP) is 1.07. The van der Waals surface area contributed by atoms with E-state index in [1.54, 1.807) is 4.90 Å². The number of hydrogen-bond acceptors (Lipinski definition) is 5. The van der Waals surface area contributed by atoms with Crippen molar-refractivity contribution in [3.05, 3.63) is 35.9 Å². The highest BCUT2D eigenvalue weighted by molar-refractivity contribution is 7.88. The highest BCUT2D eigenvalue weighted by Gasteiger charge is 2.55. The molecule has 0 aromatic heterocycles. The van der Waals surface area contributed by atoms with Gasteiger partial charge >= 0.3 is 0 Å². The smallest absolute Gasteiger partial charge is 0.241 e. The van der Waals surface area contributed by atoms with Gasteiger partial charge in [-0.05, 0) is 43.1 Å². The van der Waals surface area contributed by atoms with Gasteiger partial charge in [0.15, 0.2) is 0 Å². The van der Waals surface area contributed by atoms with E-state index >= 15 is 0 Å². The summed E-state index contributed by atoms with van der Waals surface area (Å²) >= 11 is 0. The molecule has 150 valence electrons. The van der Waals surface area contributed by atoms with Gasteiger partial charge in [-0.1, -0.05) is 30.3 Å². The summed E-state index contributed by atoms with van der Waals surface area (Å²) in [5, 5.41) is 9.30.